The summed E-state index contributed by atoms with van der Waals surface area (Å²) in [4.78, 5) is 1.13. The van der Waals surface area contributed by atoms with Crippen molar-refractivity contribution in [1.29, 1.82) is 0 Å². The Morgan fingerprint density at radius 3 is 2.63 bits per heavy atom. The molecule has 0 aliphatic heterocycles. The Bertz CT molecular complexity index is 542. The fraction of sp³-hybridized carbons (Fsp3) is 0.250. The molecule has 2 aromatic rings. The molecule has 2 nitrogen and oxygen atoms in total. The Kier molecular flexibility index (Phi) is 4.88. The van der Waals surface area contributed by atoms with Crippen molar-refractivity contribution in [3.05, 3.63) is 59.7 Å². The Hall–Kier alpha value is -1.45. The second-order valence-corrected chi connectivity index (χ2v) is 5.65. The minimum absolute atomic E-state index is 0.246. The lowest BCUT2D eigenvalue weighted by molar-refractivity contribution is 0.404. The van der Waals surface area contributed by atoms with E-state index in [2.05, 4.69) is 37.3 Å². The highest BCUT2D eigenvalue weighted by atomic mass is 32.2. The lowest BCUT2D eigenvalue weighted by Crippen LogP contribution is -2.09. The molecular formula is C16H19NOS. The number of benzene rings is 2. The standard InChI is InChI=1S/C16H19NOS/c1-12-6-5-7-13(10-12)16(11-17)19-15-9-4-3-8-14(15)18-2/h3-10,16H,11,17H2,1-2H3. The zero-order valence-electron chi connectivity index (χ0n) is 11.3. The molecule has 1 atom stereocenters. The molecular weight excluding hydrogens is 254 g/mol. The largest absolute Gasteiger partial charge is 0.496 e. The first-order chi connectivity index (χ1) is 9.24. The maximum absolute atomic E-state index is 5.93. The SMILES string of the molecule is COc1ccccc1SC(CN)c1cccc(C)c1. The maximum atomic E-state index is 5.93. The van der Waals surface area contributed by atoms with Crippen molar-refractivity contribution >= 4 is 11.8 Å². The van der Waals surface area contributed by atoms with Gasteiger partial charge in [-0.2, -0.15) is 0 Å². The number of aryl methyl sites for hydroxylation is 1. The van der Waals surface area contributed by atoms with E-state index >= 15 is 0 Å². The molecule has 2 aromatic carbocycles. The van der Waals surface area contributed by atoms with Crippen LogP contribution in [-0.2, 0) is 0 Å². The van der Waals surface area contributed by atoms with Crippen molar-refractivity contribution in [3.63, 3.8) is 0 Å². The molecule has 0 saturated heterocycles. The molecule has 100 valence electrons. The lowest BCUT2D eigenvalue weighted by atomic mass is 10.1. The average Bonchev–Trinajstić information content (AvgIpc) is 2.45. The third-order valence-electron chi connectivity index (χ3n) is 2.97. The topological polar surface area (TPSA) is 35.2 Å². The Morgan fingerprint density at radius 2 is 1.95 bits per heavy atom. The number of thioether (sulfide) groups is 1. The fourth-order valence-electron chi connectivity index (χ4n) is 1.99. The lowest BCUT2D eigenvalue weighted by Gasteiger charge is -2.17. The van der Waals surface area contributed by atoms with Gasteiger partial charge in [0.25, 0.3) is 0 Å². The molecule has 3 heteroatoms. The van der Waals surface area contributed by atoms with Gasteiger partial charge in [-0.3, -0.25) is 0 Å². The van der Waals surface area contributed by atoms with E-state index in [1.165, 1.54) is 11.1 Å². The van der Waals surface area contributed by atoms with Crippen LogP contribution >= 0.6 is 11.8 Å². The molecule has 0 radical (unpaired) electrons. The van der Waals surface area contributed by atoms with Crippen LogP contribution in [-0.4, -0.2) is 13.7 Å². The van der Waals surface area contributed by atoms with E-state index < -0.39 is 0 Å². The zero-order chi connectivity index (χ0) is 13.7. The van der Waals surface area contributed by atoms with Gasteiger partial charge in [-0.25, -0.2) is 0 Å². The minimum Gasteiger partial charge on any atom is -0.496 e. The van der Waals surface area contributed by atoms with E-state index in [9.17, 15) is 0 Å². The Morgan fingerprint density at radius 1 is 1.16 bits per heavy atom. The first-order valence-corrected chi connectivity index (χ1v) is 7.19. The third kappa shape index (κ3) is 3.52. The van der Waals surface area contributed by atoms with E-state index in [1.54, 1.807) is 18.9 Å². The molecule has 0 bridgehead atoms. The van der Waals surface area contributed by atoms with Crippen molar-refractivity contribution in [2.24, 2.45) is 5.73 Å². The number of nitrogens with two attached hydrogens (primary N) is 1. The van der Waals surface area contributed by atoms with Gasteiger partial charge in [0.2, 0.25) is 0 Å². The molecule has 0 heterocycles. The van der Waals surface area contributed by atoms with Crippen LogP contribution in [0.2, 0.25) is 0 Å². The molecule has 0 fully saturated rings. The predicted molar refractivity (Wildman–Crippen MR) is 81.8 cm³/mol. The summed E-state index contributed by atoms with van der Waals surface area (Å²) in [6.45, 7) is 2.71. The molecule has 0 aliphatic rings. The normalized spacial score (nSPS) is 12.2. The summed E-state index contributed by atoms with van der Waals surface area (Å²) in [5.74, 6) is 0.901. The number of para-hydroxylation sites is 1. The van der Waals surface area contributed by atoms with Gasteiger partial charge < -0.3 is 10.5 Å². The highest BCUT2D eigenvalue weighted by Gasteiger charge is 2.14. The minimum atomic E-state index is 0.246. The number of methoxy groups -OCH3 is 1. The van der Waals surface area contributed by atoms with Gasteiger partial charge in [0.15, 0.2) is 0 Å². The summed E-state index contributed by atoms with van der Waals surface area (Å²) < 4.78 is 5.39. The van der Waals surface area contributed by atoms with E-state index in [-0.39, 0.29) is 5.25 Å². The van der Waals surface area contributed by atoms with E-state index in [1.807, 2.05) is 18.2 Å². The zero-order valence-corrected chi connectivity index (χ0v) is 12.1. The monoisotopic (exact) mass is 273 g/mol. The van der Waals surface area contributed by atoms with Crippen LogP contribution in [0.1, 0.15) is 16.4 Å². The van der Waals surface area contributed by atoms with Crippen LogP contribution in [0.4, 0.5) is 0 Å². The van der Waals surface area contributed by atoms with Crippen molar-refractivity contribution in [1.82, 2.24) is 0 Å². The smallest absolute Gasteiger partial charge is 0.132 e. The third-order valence-corrected chi connectivity index (χ3v) is 4.31. The number of ether oxygens (including phenoxy) is 1. The fourth-order valence-corrected chi connectivity index (χ4v) is 3.10. The van der Waals surface area contributed by atoms with Crippen molar-refractivity contribution in [3.8, 4) is 5.75 Å². The van der Waals surface area contributed by atoms with Crippen molar-refractivity contribution < 1.29 is 4.74 Å². The van der Waals surface area contributed by atoms with Crippen molar-refractivity contribution in [2.75, 3.05) is 13.7 Å². The first-order valence-electron chi connectivity index (χ1n) is 6.31. The molecule has 0 aliphatic carbocycles. The predicted octanol–water partition coefficient (Wildman–Crippen LogP) is 3.80. The molecule has 2 N–H and O–H groups in total. The van der Waals surface area contributed by atoms with Crippen LogP contribution in [0.5, 0.6) is 5.75 Å². The van der Waals surface area contributed by atoms with Crippen LogP contribution in [0.15, 0.2) is 53.4 Å². The van der Waals surface area contributed by atoms with Gasteiger partial charge >= 0.3 is 0 Å². The summed E-state index contributed by atoms with van der Waals surface area (Å²) in [6.07, 6.45) is 0. The first kappa shape index (κ1) is 14.0. The van der Waals surface area contributed by atoms with Gasteiger partial charge in [0.1, 0.15) is 5.75 Å². The summed E-state index contributed by atoms with van der Waals surface area (Å²) in [7, 11) is 1.70. The van der Waals surface area contributed by atoms with Crippen LogP contribution < -0.4 is 10.5 Å². The van der Waals surface area contributed by atoms with Crippen LogP contribution in [0.3, 0.4) is 0 Å². The molecule has 19 heavy (non-hydrogen) atoms. The molecule has 2 rings (SSSR count). The van der Waals surface area contributed by atoms with Crippen molar-refractivity contribution in [2.45, 2.75) is 17.1 Å². The second-order valence-electron chi connectivity index (χ2n) is 4.41. The second kappa shape index (κ2) is 6.64. The summed E-state index contributed by atoms with van der Waals surface area (Å²) in [6, 6.07) is 16.6. The highest BCUT2D eigenvalue weighted by molar-refractivity contribution is 7.99. The molecule has 0 amide bonds. The average molecular weight is 273 g/mol. The van der Waals surface area contributed by atoms with Crippen LogP contribution in [0, 0.1) is 6.92 Å². The highest BCUT2D eigenvalue weighted by Crippen LogP contribution is 2.39. The molecule has 0 saturated carbocycles. The van der Waals surface area contributed by atoms with Gasteiger partial charge in [-0.15, -0.1) is 11.8 Å². The number of hydrogen-bond donors (Lipinski definition) is 1. The molecule has 0 spiro atoms. The summed E-state index contributed by atoms with van der Waals surface area (Å²) >= 11 is 1.75. The van der Waals surface area contributed by atoms with Gasteiger partial charge in [0, 0.05) is 16.7 Å². The van der Waals surface area contributed by atoms with E-state index in [0.29, 0.717) is 6.54 Å². The van der Waals surface area contributed by atoms with E-state index in [0.717, 1.165) is 10.6 Å². The molecule has 0 aromatic heterocycles. The Labute approximate surface area is 119 Å². The number of rotatable bonds is 5. The van der Waals surface area contributed by atoms with Gasteiger partial charge in [-0.05, 0) is 24.6 Å². The summed E-state index contributed by atoms with van der Waals surface area (Å²) in [5.41, 5.74) is 8.46. The molecule has 1 unspecified atom stereocenters. The Balaban J connectivity index is 2.24. The van der Waals surface area contributed by atoms with Gasteiger partial charge in [0.05, 0.1) is 7.11 Å². The number of hydrogen-bond acceptors (Lipinski definition) is 3. The quantitative estimate of drug-likeness (QED) is 0.842. The van der Waals surface area contributed by atoms with E-state index in [4.69, 9.17) is 10.5 Å². The summed E-state index contributed by atoms with van der Waals surface area (Å²) in [5, 5.41) is 0.246. The van der Waals surface area contributed by atoms with Gasteiger partial charge in [-0.1, -0.05) is 42.0 Å². The van der Waals surface area contributed by atoms with Crippen LogP contribution in [0.25, 0.3) is 0 Å². The maximum Gasteiger partial charge on any atom is 0.132 e.